The average molecular weight is 596 g/mol. The van der Waals surface area contributed by atoms with Crippen molar-refractivity contribution < 1.29 is 31.1 Å². The number of carbonyl (C=O) groups is 1. The molecule has 0 aliphatic rings. The zero-order valence-electron chi connectivity index (χ0n) is 22.4. The first kappa shape index (κ1) is 29.4. The molecule has 0 bridgehead atoms. The van der Waals surface area contributed by atoms with Gasteiger partial charge in [0, 0.05) is 11.4 Å². The molecule has 0 aliphatic carbocycles. The maximum Gasteiger partial charge on any atom is 0.261 e. The second kappa shape index (κ2) is 12.7. The van der Waals surface area contributed by atoms with Crippen molar-refractivity contribution in [2.45, 2.75) is 11.5 Å². The lowest BCUT2D eigenvalue weighted by Crippen LogP contribution is -2.37. The quantitative estimate of drug-likeness (QED) is 0.247. The number of ether oxygens (including phenoxy) is 2. The third-order valence-corrected chi connectivity index (χ3v) is 8.39. The van der Waals surface area contributed by atoms with Crippen LogP contribution in [0.4, 0.5) is 17.1 Å². The molecular weight excluding hydrogens is 566 g/mol. The number of nitrogens with one attached hydrogen (secondary N) is 2. The third kappa shape index (κ3) is 8.22. The van der Waals surface area contributed by atoms with Gasteiger partial charge in [0.05, 0.1) is 23.9 Å². The number of hydrogen-bond acceptors (Lipinski definition) is 7. The third-order valence-electron chi connectivity index (χ3n) is 5.85. The van der Waals surface area contributed by atoms with Crippen molar-refractivity contribution in [3.63, 3.8) is 0 Å². The minimum Gasteiger partial charge on any atom is -0.497 e. The molecule has 0 saturated heterocycles. The van der Waals surface area contributed by atoms with Crippen molar-refractivity contribution in [1.82, 2.24) is 0 Å². The molecule has 0 spiro atoms. The number of anilines is 3. The van der Waals surface area contributed by atoms with E-state index in [-0.39, 0.29) is 4.90 Å². The summed E-state index contributed by atoms with van der Waals surface area (Å²) >= 11 is 0. The van der Waals surface area contributed by atoms with Gasteiger partial charge in [-0.15, -0.1) is 0 Å². The van der Waals surface area contributed by atoms with E-state index < -0.39 is 32.5 Å². The second-order valence-electron chi connectivity index (χ2n) is 8.94. The van der Waals surface area contributed by atoms with E-state index in [0.29, 0.717) is 35.2 Å². The fraction of sp³-hybridized carbons (Fsp3) is 0.138. The summed E-state index contributed by atoms with van der Waals surface area (Å²) in [6.07, 6.45) is 1.01. The van der Waals surface area contributed by atoms with E-state index in [1.54, 1.807) is 48.5 Å². The summed E-state index contributed by atoms with van der Waals surface area (Å²) in [5, 5.41) is 2.61. The molecule has 0 saturated carbocycles. The van der Waals surface area contributed by atoms with Crippen LogP contribution < -0.4 is 23.8 Å². The topological polar surface area (TPSA) is 131 Å². The second-order valence-corrected chi connectivity index (χ2v) is 12.5. The summed E-state index contributed by atoms with van der Waals surface area (Å²) in [5.74, 6) is 0.533. The molecule has 4 rings (SSSR count). The number of rotatable bonds is 12. The first-order valence-corrected chi connectivity index (χ1v) is 15.7. The molecule has 41 heavy (non-hydrogen) atoms. The lowest BCUT2D eigenvalue weighted by atomic mass is 10.2. The van der Waals surface area contributed by atoms with Crippen LogP contribution in [-0.2, 0) is 31.4 Å². The van der Waals surface area contributed by atoms with Crippen LogP contribution in [0.5, 0.6) is 11.5 Å². The molecule has 214 valence electrons. The number of methoxy groups -OCH3 is 1. The van der Waals surface area contributed by atoms with Crippen LogP contribution in [0.15, 0.2) is 108 Å². The highest BCUT2D eigenvalue weighted by Crippen LogP contribution is 2.23. The van der Waals surface area contributed by atoms with E-state index in [0.717, 1.165) is 16.1 Å². The van der Waals surface area contributed by atoms with E-state index in [1.807, 2.05) is 30.3 Å². The molecule has 12 heteroatoms. The maximum atomic E-state index is 12.8. The molecule has 4 aromatic rings. The zero-order valence-corrected chi connectivity index (χ0v) is 24.0. The van der Waals surface area contributed by atoms with Crippen molar-refractivity contribution >= 4 is 43.0 Å². The molecule has 4 aromatic carbocycles. The summed E-state index contributed by atoms with van der Waals surface area (Å²) in [7, 11) is -6.16. The molecule has 0 fully saturated rings. The average Bonchev–Trinajstić information content (AvgIpc) is 2.96. The van der Waals surface area contributed by atoms with Crippen LogP contribution in [0.25, 0.3) is 0 Å². The number of carbonyl (C=O) groups excluding carboxylic acids is 1. The van der Waals surface area contributed by atoms with E-state index in [2.05, 4.69) is 10.0 Å². The molecule has 0 atom stereocenters. The minimum atomic E-state index is -3.88. The molecule has 0 heterocycles. The van der Waals surface area contributed by atoms with Crippen LogP contribution >= 0.6 is 0 Å². The van der Waals surface area contributed by atoms with Gasteiger partial charge < -0.3 is 14.8 Å². The number of benzene rings is 4. The normalized spacial score (nSPS) is 11.4. The number of hydrogen-bond donors (Lipinski definition) is 2. The van der Waals surface area contributed by atoms with Crippen molar-refractivity contribution in [3.05, 3.63) is 109 Å². The van der Waals surface area contributed by atoms with E-state index in [9.17, 15) is 21.6 Å². The van der Waals surface area contributed by atoms with Gasteiger partial charge in [0.2, 0.25) is 15.9 Å². The molecule has 2 N–H and O–H groups in total. The lowest BCUT2D eigenvalue weighted by molar-refractivity contribution is -0.114. The van der Waals surface area contributed by atoms with Crippen molar-refractivity contribution in [2.24, 2.45) is 0 Å². The van der Waals surface area contributed by atoms with Gasteiger partial charge in [-0.3, -0.25) is 13.8 Å². The Morgan fingerprint density at radius 3 is 1.93 bits per heavy atom. The fourth-order valence-corrected chi connectivity index (χ4v) is 5.69. The Morgan fingerprint density at radius 1 is 0.756 bits per heavy atom. The molecule has 1 amide bonds. The molecular formula is C29H29N3O7S2. The summed E-state index contributed by atoms with van der Waals surface area (Å²) < 4.78 is 64.7. The highest BCUT2D eigenvalue weighted by atomic mass is 32.2. The van der Waals surface area contributed by atoms with Gasteiger partial charge in [0.15, 0.2) is 0 Å². The van der Waals surface area contributed by atoms with Crippen molar-refractivity contribution in [1.29, 1.82) is 0 Å². The maximum absolute atomic E-state index is 12.8. The first-order valence-electron chi connectivity index (χ1n) is 12.3. The smallest absolute Gasteiger partial charge is 0.261 e. The number of nitrogens with zero attached hydrogens (tertiary/aromatic N) is 1. The molecule has 10 nitrogen and oxygen atoms in total. The largest absolute Gasteiger partial charge is 0.497 e. The van der Waals surface area contributed by atoms with Gasteiger partial charge in [0.25, 0.3) is 10.0 Å². The van der Waals surface area contributed by atoms with Gasteiger partial charge in [-0.25, -0.2) is 16.8 Å². The first-order chi connectivity index (χ1) is 19.5. The Hall–Kier alpha value is -4.55. The van der Waals surface area contributed by atoms with Gasteiger partial charge in [0.1, 0.15) is 24.7 Å². The Balaban J connectivity index is 1.38. The summed E-state index contributed by atoms with van der Waals surface area (Å²) in [5.41, 5.74) is 1.95. The number of amides is 1. The van der Waals surface area contributed by atoms with Crippen LogP contribution in [0.3, 0.4) is 0 Å². The van der Waals surface area contributed by atoms with Crippen molar-refractivity contribution in [2.75, 3.05) is 34.3 Å². The van der Waals surface area contributed by atoms with Gasteiger partial charge in [-0.05, 0) is 78.4 Å². The fourth-order valence-electron chi connectivity index (χ4n) is 3.77. The predicted octanol–water partition coefficient (Wildman–Crippen LogP) is 4.48. The van der Waals surface area contributed by atoms with E-state index >= 15 is 0 Å². The predicted molar refractivity (Wildman–Crippen MR) is 158 cm³/mol. The SMILES string of the molecule is COc1ccc(NS(=O)(=O)c2ccc(NC(=O)CN(c3ccc(OCc4ccccc4)cc3)S(C)(=O)=O)cc2)cc1. The Bertz CT molecular complexity index is 1680. The van der Waals surface area contributed by atoms with Crippen LogP contribution in [-0.4, -0.2) is 42.7 Å². The number of sulfonamides is 2. The summed E-state index contributed by atoms with van der Waals surface area (Å²) in [4.78, 5) is 12.7. The monoisotopic (exact) mass is 595 g/mol. The van der Waals surface area contributed by atoms with Crippen molar-refractivity contribution in [3.8, 4) is 11.5 Å². The minimum absolute atomic E-state index is 0.0151. The standard InChI is InChI=1S/C29H29N3O7S2/c1-38-26-14-8-24(9-15-26)31-41(36,37)28-18-10-23(11-19-28)30-29(33)20-32(40(2,34)35)25-12-16-27(17-13-25)39-21-22-6-4-3-5-7-22/h3-19,31H,20-21H2,1-2H3,(H,30,33). The molecule has 0 aliphatic heterocycles. The Morgan fingerprint density at radius 2 is 1.34 bits per heavy atom. The van der Waals surface area contributed by atoms with Crippen LogP contribution in [0.1, 0.15) is 5.56 Å². The lowest BCUT2D eigenvalue weighted by Gasteiger charge is -2.22. The Labute approximate surface area is 239 Å². The molecule has 0 aromatic heterocycles. The van der Waals surface area contributed by atoms with E-state index in [1.165, 1.54) is 31.4 Å². The highest BCUT2D eigenvalue weighted by molar-refractivity contribution is 7.92. The highest BCUT2D eigenvalue weighted by Gasteiger charge is 2.21. The van der Waals surface area contributed by atoms with E-state index in [4.69, 9.17) is 9.47 Å². The van der Waals surface area contributed by atoms with Gasteiger partial charge >= 0.3 is 0 Å². The van der Waals surface area contributed by atoms with Gasteiger partial charge in [-0.2, -0.15) is 0 Å². The van der Waals surface area contributed by atoms with Crippen LogP contribution in [0.2, 0.25) is 0 Å². The summed E-state index contributed by atoms with van der Waals surface area (Å²) in [6, 6.07) is 27.9. The zero-order chi connectivity index (χ0) is 29.5. The molecule has 0 radical (unpaired) electrons. The van der Waals surface area contributed by atoms with Crippen LogP contribution in [0, 0.1) is 0 Å². The van der Waals surface area contributed by atoms with Gasteiger partial charge in [-0.1, -0.05) is 30.3 Å². The molecule has 0 unspecified atom stereocenters. The summed E-state index contributed by atoms with van der Waals surface area (Å²) in [6.45, 7) is -0.127. The Kier molecular flexibility index (Phi) is 9.15.